The topological polar surface area (TPSA) is 40.1 Å². The Balaban J connectivity index is 2.33. The molecular weight excluding hydrogens is 256 g/mol. The first-order chi connectivity index (χ1) is 8.11. The van der Waals surface area contributed by atoms with E-state index in [4.69, 9.17) is 11.6 Å². The third-order valence-electron chi connectivity index (χ3n) is 3.41. The Bertz CT molecular complexity index is 429. The molecule has 2 rings (SSSR count). The van der Waals surface area contributed by atoms with Crippen LogP contribution >= 0.6 is 11.6 Å². The summed E-state index contributed by atoms with van der Waals surface area (Å²) in [7, 11) is 0. The van der Waals surface area contributed by atoms with E-state index >= 15 is 0 Å². The first-order valence-corrected chi connectivity index (χ1v) is 7.58. The predicted octanol–water partition coefficient (Wildman–Crippen LogP) is 3.62. The quantitative estimate of drug-likeness (QED) is 0.768. The summed E-state index contributed by atoms with van der Waals surface area (Å²) < 4.78 is 21.8. The molecular formula is C13H16ClO2S-. The van der Waals surface area contributed by atoms with Crippen LogP contribution in [0.5, 0.6) is 0 Å². The smallest absolute Gasteiger partial charge is 0.0409 e. The van der Waals surface area contributed by atoms with Crippen molar-refractivity contribution in [1.82, 2.24) is 0 Å². The number of hydrogen-bond donors (Lipinski definition) is 0. The molecule has 1 aliphatic carbocycles. The van der Waals surface area contributed by atoms with E-state index in [9.17, 15) is 8.76 Å². The molecule has 2 atom stereocenters. The summed E-state index contributed by atoms with van der Waals surface area (Å²) >= 11 is 3.89. The molecule has 1 aromatic rings. The molecule has 0 N–H and O–H groups in total. The van der Waals surface area contributed by atoms with Crippen LogP contribution in [-0.4, -0.2) is 8.76 Å². The van der Waals surface area contributed by atoms with Gasteiger partial charge in [0, 0.05) is 10.8 Å². The van der Waals surface area contributed by atoms with Crippen LogP contribution in [0, 0.1) is 5.92 Å². The molecule has 2 unspecified atom stereocenters. The van der Waals surface area contributed by atoms with Gasteiger partial charge < -0.3 is 4.55 Å². The fraction of sp³-hybridized carbons (Fsp3) is 0.538. The summed E-state index contributed by atoms with van der Waals surface area (Å²) in [6.45, 7) is 2.16. The Kier molecular flexibility index (Phi) is 4.23. The largest absolute Gasteiger partial charge is 0.772 e. The maximum atomic E-state index is 10.9. The van der Waals surface area contributed by atoms with Crippen molar-refractivity contribution in [3.05, 3.63) is 34.3 Å². The van der Waals surface area contributed by atoms with Gasteiger partial charge in [-0.05, 0) is 54.4 Å². The van der Waals surface area contributed by atoms with Gasteiger partial charge in [0.1, 0.15) is 0 Å². The standard InChI is InChI=1S/C13H17ClO2S/c1-2-12(9-3-4-9)13-6-5-11(14)7-10(13)8-17(15)16/h5-7,9,12H,2-4,8H2,1H3,(H,15,16)/p-1. The van der Waals surface area contributed by atoms with E-state index in [1.807, 2.05) is 12.1 Å². The lowest BCUT2D eigenvalue weighted by Crippen LogP contribution is -2.06. The molecule has 1 aromatic carbocycles. The zero-order chi connectivity index (χ0) is 12.4. The van der Waals surface area contributed by atoms with Gasteiger partial charge in [-0.25, -0.2) is 0 Å². The highest BCUT2D eigenvalue weighted by Gasteiger charge is 2.32. The lowest BCUT2D eigenvalue weighted by Gasteiger charge is -2.19. The van der Waals surface area contributed by atoms with Gasteiger partial charge in [0.05, 0.1) is 0 Å². The highest BCUT2D eigenvalue weighted by Crippen LogP contribution is 2.45. The summed E-state index contributed by atoms with van der Waals surface area (Å²) in [6, 6.07) is 5.65. The Morgan fingerprint density at radius 1 is 1.53 bits per heavy atom. The summed E-state index contributed by atoms with van der Waals surface area (Å²) in [4.78, 5) is 0. The van der Waals surface area contributed by atoms with Crippen molar-refractivity contribution >= 4 is 22.7 Å². The zero-order valence-electron chi connectivity index (χ0n) is 9.82. The van der Waals surface area contributed by atoms with E-state index < -0.39 is 11.1 Å². The zero-order valence-corrected chi connectivity index (χ0v) is 11.4. The maximum Gasteiger partial charge on any atom is 0.0409 e. The highest BCUT2D eigenvalue weighted by atomic mass is 35.5. The summed E-state index contributed by atoms with van der Waals surface area (Å²) in [6.07, 6.45) is 3.59. The molecule has 1 fully saturated rings. The van der Waals surface area contributed by atoms with Crippen molar-refractivity contribution < 1.29 is 8.76 Å². The van der Waals surface area contributed by atoms with Crippen molar-refractivity contribution in [3.8, 4) is 0 Å². The number of benzene rings is 1. The molecule has 0 aromatic heterocycles. The van der Waals surface area contributed by atoms with Crippen LogP contribution in [0.3, 0.4) is 0 Å². The second-order valence-electron chi connectivity index (χ2n) is 4.64. The van der Waals surface area contributed by atoms with Crippen molar-refractivity contribution in [2.75, 3.05) is 0 Å². The molecule has 0 saturated heterocycles. The van der Waals surface area contributed by atoms with Crippen LogP contribution in [0.2, 0.25) is 5.02 Å². The molecule has 0 aliphatic heterocycles. The van der Waals surface area contributed by atoms with Crippen molar-refractivity contribution in [3.63, 3.8) is 0 Å². The Morgan fingerprint density at radius 2 is 2.24 bits per heavy atom. The van der Waals surface area contributed by atoms with Gasteiger partial charge in [-0.2, -0.15) is 0 Å². The minimum atomic E-state index is -2.06. The Labute approximate surface area is 110 Å². The lowest BCUT2D eigenvalue weighted by molar-refractivity contribution is 0.534. The SMILES string of the molecule is CCC(c1ccc(Cl)cc1CS(=O)[O-])C1CC1. The van der Waals surface area contributed by atoms with Crippen LogP contribution < -0.4 is 0 Å². The molecule has 0 radical (unpaired) electrons. The molecule has 94 valence electrons. The van der Waals surface area contributed by atoms with Gasteiger partial charge in [-0.15, -0.1) is 0 Å². The highest BCUT2D eigenvalue weighted by molar-refractivity contribution is 7.78. The first-order valence-electron chi connectivity index (χ1n) is 5.96. The molecule has 0 bridgehead atoms. The first kappa shape index (κ1) is 13.1. The lowest BCUT2D eigenvalue weighted by atomic mass is 9.89. The minimum absolute atomic E-state index is 0.0686. The van der Waals surface area contributed by atoms with Gasteiger partial charge in [0.25, 0.3) is 0 Å². The van der Waals surface area contributed by atoms with Gasteiger partial charge in [0.2, 0.25) is 0 Å². The van der Waals surface area contributed by atoms with Gasteiger partial charge >= 0.3 is 0 Å². The van der Waals surface area contributed by atoms with Crippen LogP contribution in [0.15, 0.2) is 18.2 Å². The molecule has 0 heterocycles. The fourth-order valence-corrected chi connectivity index (χ4v) is 3.19. The third-order valence-corrected chi connectivity index (χ3v) is 4.19. The third kappa shape index (κ3) is 3.30. The van der Waals surface area contributed by atoms with Crippen LogP contribution in [0.1, 0.15) is 43.2 Å². The van der Waals surface area contributed by atoms with E-state index in [1.165, 1.54) is 18.4 Å². The number of rotatable bonds is 5. The van der Waals surface area contributed by atoms with Crippen molar-refractivity contribution in [1.29, 1.82) is 0 Å². The molecule has 0 spiro atoms. The van der Waals surface area contributed by atoms with Crippen molar-refractivity contribution in [2.24, 2.45) is 5.92 Å². The van der Waals surface area contributed by atoms with E-state index in [0.717, 1.165) is 17.9 Å². The molecule has 1 aliphatic rings. The second kappa shape index (κ2) is 5.51. The van der Waals surface area contributed by atoms with E-state index in [0.29, 0.717) is 10.9 Å². The van der Waals surface area contributed by atoms with E-state index in [2.05, 4.69) is 6.92 Å². The molecule has 1 saturated carbocycles. The normalized spacial score (nSPS) is 19.0. The predicted molar refractivity (Wildman–Crippen MR) is 69.8 cm³/mol. The van der Waals surface area contributed by atoms with E-state index in [1.54, 1.807) is 6.07 Å². The summed E-state index contributed by atoms with van der Waals surface area (Å²) in [5.41, 5.74) is 2.04. The number of halogens is 1. The molecule has 0 amide bonds. The monoisotopic (exact) mass is 271 g/mol. The van der Waals surface area contributed by atoms with Crippen molar-refractivity contribution in [2.45, 2.75) is 37.9 Å². The fourth-order valence-electron chi connectivity index (χ4n) is 2.49. The molecule has 4 heteroatoms. The second-order valence-corrected chi connectivity index (χ2v) is 5.98. The van der Waals surface area contributed by atoms with Gasteiger partial charge in [-0.3, -0.25) is 4.21 Å². The van der Waals surface area contributed by atoms with Gasteiger partial charge in [-0.1, -0.05) is 35.7 Å². The summed E-state index contributed by atoms with van der Waals surface area (Å²) in [5, 5.41) is 0.611. The van der Waals surface area contributed by atoms with Gasteiger partial charge in [0.15, 0.2) is 0 Å². The minimum Gasteiger partial charge on any atom is -0.772 e. The molecule has 2 nitrogen and oxygen atoms in total. The van der Waals surface area contributed by atoms with Crippen LogP contribution in [0.25, 0.3) is 0 Å². The maximum absolute atomic E-state index is 10.9. The average molecular weight is 272 g/mol. The number of hydrogen-bond acceptors (Lipinski definition) is 2. The van der Waals surface area contributed by atoms with E-state index in [-0.39, 0.29) is 5.75 Å². The van der Waals surface area contributed by atoms with Crippen LogP contribution in [0.4, 0.5) is 0 Å². The Hall–Kier alpha value is -0.380. The summed E-state index contributed by atoms with van der Waals surface area (Å²) in [5.74, 6) is 1.30. The Morgan fingerprint density at radius 3 is 2.76 bits per heavy atom. The molecule has 17 heavy (non-hydrogen) atoms. The van der Waals surface area contributed by atoms with Crippen LogP contribution in [-0.2, 0) is 16.8 Å². The average Bonchev–Trinajstić information content (AvgIpc) is 3.05.